The molecular formula is C45H44N6O4. The molecule has 2 aliphatic heterocycles. The van der Waals surface area contributed by atoms with E-state index in [1.165, 1.54) is 5.01 Å². The molecule has 2 fully saturated rings. The smallest absolute Gasteiger partial charge is 0.333 e. The summed E-state index contributed by atoms with van der Waals surface area (Å²) in [6.07, 6.45) is 0.773. The van der Waals surface area contributed by atoms with Crippen molar-refractivity contribution in [3.05, 3.63) is 155 Å². The molecule has 0 aromatic heterocycles. The van der Waals surface area contributed by atoms with Gasteiger partial charge in [-0.25, -0.2) is 9.80 Å². The molecule has 1 N–H and O–H groups in total. The van der Waals surface area contributed by atoms with Crippen molar-refractivity contribution in [1.29, 1.82) is 5.26 Å². The van der Waals surface area contributed by atoms with Crippen LogP contribution in [0.4, 0.5) is 4.79 Å². The fraction of sp³-hybridized carbons (Fsp3) is 0.267. The van der Waals surface area contributed by atoms with Gasteiger partial charge in [-0.1, -0.05) is 134 Å². The highest BCUT2D eigenvalue weighted by molar-refractivity contribution is 5.96. The molecule has 10 heteroatoms. The first-order chi connectivity index (χ1) is 26.8. The number of nitriles is 1. The van der Waals surface area contributed by atoms with Gasteiger partial charge in [0.15, 0.2) is 5.78 Å². The molecule has 278 valence electrons. The molecule has 3 atom stereocenters. The molecule has 2 heterocycles. The average Bonchev–Trinajstić information content (AvgIpc) is 3.55. The zero-order valence-electron chi connectivity index (χ0n) is 30.9. The van der Waals surface area contributed by atoms with Gasteiger partial charge in [-0.3, -0.25) is 14.4 Å². The van der Waals surface area contributed by atoms with Gasteiger partial charge in [0.2, 0.25) is 11.8 Å². The number of amides is 4. The predicted molar refractivity (Wildman–Crippen MR) is 210 cm³/mol. The van der Waals surface area contributed by atoms with Crippen molar-refractivity contribution >= 4 is 34.4 Å². The van der Waals surface area contributed by atoms with E-state index in [4.69, 9.17) is 0 Å². The molecule has 2 aliphatic rings. The van der Waals surface area contributed by atoms with Crippen molar-refractivity contribution in [1.82, 2.24) is 25.1 Å². The van der Waals surface area contributed by atoms with Gasteiger partial charge in [0.1, 0.15) is 18.8 Å². The lowest BCUT2D eigenvalue weighted by Gasteiger charge is -2.46. The Balaban J connectivity index is 1.16. The van der Waals surface area contributed by atoms with Gasteiger partial charge < -0.3 is 15.1 Å². The Morgan fingerprint density at radius 3 is 2.27 bits per heavy atom. The highest BCUT2D eigenvalue weighted by Gasteiger charge is 2.52. The first-order valence-corrected chi connectivity index (χ1v) is 18.8. The van der Waals surface area contributed by atoms with Crippen molar-refractivity contribution < 1.29 is 19.2 Å². The molecule has 0 radical (unpaired) electrons. The van der Waals surface area contributed by atoms with Crippen LogP contribution < -0.4 is 5.32 Å². The lowest BCUT2D eigenvalue weighted by atomic mass is 9.88. The Hall–Kier alpha value is -6.31. The molecule has 0 aliphatic carbocycles. The maximum absolute atomic E-state index is 14.6. The van der Waals surface area contributed by atoms with Crippen LogP contribution in [0.3, 0.4) is 0 Å². The number of rotatable bonds is 13. The van der Waals surface area contributed by atoms with Crippen LogP contribution in [-0.4, -0.2) is 75.3 Å². The highest BCUT2D eigenvalue weighted by atomic mass is 16.2. The van der Waals surface area contributed by atoms with Crippen molar-refractivity contribution in [3.8, 4) is 6.07 Å². The summed E-state index contributed by atoms with van der Waals surface area (Å²) in [5.41, 5.74) is 4.48. The lowest BCUT2D eigenvalue weighted by molar-refractivity contribution is -0.157. The monoisotopic (exact) mass is 732 g/mol. The number of nitrogens with one attached hydrogen (secondary N) is 1. The fourth-order valence-electron chi connectivity index (χ4n) is 7.85. The van der Waals surface area contributed by atoms with Gasteiger partial charge in [-0.15, -0.1) is 0 Å². The topological polar surface area (TPSA) is 117 Å². The molecule has 10 nitrogen and oxygen atoms in total. The number of ketones is 1. The third-order valence-corrected chi connectivity index (χ3v) is 10.8. The number of benzene rings is 5. The van der Waals surface area contributed by atoms with E-state index in [1.807, 2.05) is 127 Å². The third-order valence-electron chi connectivity index (χ3n) is 10.8. The molecular weight excluding hydrogens is 689 g/mol. The normalized spacial score (nSPS) is 17.5. The van der Waals surface area contributed by atoms with Gasteiger partial charge in [0, 0.05) is 31.5 Å². The Morgan fingerprint density at radius 2 is 1.55 bits per heavy atom. The quantitative estimate of drug-likeness (QED) is 0.107. The number of fused-ring (bicyclic) bond motifs is 2. The number of hydrazine groups is 1. The number of carbonyl (C=O) groups is 4. The molecule has 2 saturated heterocycles. The van der Waals surface area contributed by atoms with Gasteiger partial charge in [0.25, 0.3) is 0 Å². The number of hydrogen-bond acceptors (Lipinski definition) is 6. The van der Waals surface area contributed by atoms with E-state index >= 15 is 0 Å². The van der Waals surface area contributed by atoms with Crippen LogP contribution in [0.1, 0.15) is 58.3 Å². The van der Waals surface area contributed by atoms with E-state index in [0.29, 0.717) is 18.5 Å². The van der Waals surface area contributed by atoms with Crippen LogP contribution in [0.5, 0.6) is 0 Å². The van der Waals surface area contributed by atoms with E-state index in [1.54, 1.807) is 14.8 Å². The van der Waals surface area contributed by atoms with Crippen molar-refractivity contribution in [2.45, 2.75) is 57.4 Å². The van der Waals surface area contributed by atoms with Crippen LogP contribution in [0.25, 0.3) is 10.8 Å². The first-order valence-electron chi connectivity index (χ1n) is 18.8. The number of hydrogen-bond donors (Lipinski definition) is 1. The summed E-state index contributed by atoms with van der Waals surface area (Å²) in [5.74, 6) is -0.331. The van der Waals surface area contributed by atoms with Crippen molar-refractivity contribution in [2.24, 2.45) is 0 Å². The van der Waals surface area contributed by atoms with Crippen LogP contribution in [0, 0.1) is 11.3 Å². The molecule has 7 rings (SSSR count). The largest absolute Gasteiger partial charge is 0.333 e. The summed E-state index contributed by atoms with van der Waals surface area (Å²) >= 11 is 0. The molecule has 5 aromatic rings. The van der Waals surface area contributed by atoms with Gasteiger partial charge in [-0.05, 0) is 45.4 Å². The van der Waals surface area contributed by atoms with Crippen LogP contribution in [-0.2, 0) is 29.1 Å². The van der Waals surface area contributed by atoms with Crippen LogP contribution >= 0.6 is 0 Å². The zero-order valence-corrected chi connectivity index (χ0v) is 30.9. The fourth-order valence-corrected chi connectivity index (χ4v) is 7.85. The lowest BCUT2D eigenvalue weighted by Crippen LogP contribution is -2.66. The van der Waals surface area contributed by atoms with Gasteiger partial charge in [0.05, 0.1) is 19.2 Å². The van der Waals surface area contributed by atoms with Crippen molar-refractivity contribution in [2.75, 3.05) is 19.6 Å². The Kier molecular flexibility index (Phi) is 11.3. The van der Waals surface area contributed by atoms with E-state index < -0.39 is 18.2 Å². The van der Waals surface area contributed by atoms with E-state index in [2.05, 4.69) is 18.3 Å². The predicted octanol–water partition coefficient (Wildman–Crippen LogP) is 6.68. The molecule has 0 spiro atoms. The number of piperazine rings is 1. The second-order valence-corrected chi connectivity index (χ2v) is 14.2. The summed E-state index contributed by atoms with van der Waals surface area (Å²) in [6, 6.07) is 41.6. The maximum atomic E-state index is 14.6. The van der Waals surface area contributed by atoms with E-state index in [0.717, 1.165) is 39.4 Å². The summed E-state index contributed by atoms with van der Waals surface area (Å²) in [7, 11) is 0. The molecule has 0 saturated carbocycles. The van der Waals surface area contributed by atoms with Gasteiger partial charge in [-0.2, -0.15) is 10.3 Å². The Bertz CT molecular complexity index is 2200. The summed E-state index contributed by atoms with van der Waals surface area (Å²) in [5, 5.41) is 17.8. The number of Topliss-reactive ketones (excluding diaryl/α,β-unsaturated/α-hetero) is 1. The summed E-state index contributed by atoms with van der Waals surface area (Å²) in [6.45, 7) is 2.38. The standard InChI is InChI=1S/C45H44N6O4/c1-2-34(27-41(52)37-15-7-4-8-16-37)35-22-20-32(21-23-35)26-40-44(54)48(29-38-18-11-17-36-14-9-10-19-39(36)38)30-42-50(31-43(53)51(40)42)49(25-24-46)45(55)47-28-33-12-5-3-6-13-33/h3-23,34,40,42H,2,25-31H2,1H3,(H,47,55)/t34?,40-,42+/m0/s1. The second-order valence-electron chi connectivity index (χ2n) is 14.2. The molecule has 55 heavy (non-hydrogen) atoms. The Morgan fingerprint density at radius 1 is 0.855 bits per heavy atom. The van der Waals surface area contributed by atoms with Gasteiger partial charge >= 0.3 is 6.03 Å². The Labute approximate surface area is 321 Å². The minimum Gasteiger partial charge on any atom is -0.333 e. The highest BCUT2D eigenvalue weighted by Crippen LogP contribution is 2.32. The zero-order chi connectivity index (χ0) is 38.3. The van der Waals surface area contributed by atoms with E-state index in [9.17, 15) is 24.4 Å². The SMILES string of the molecule is CCC(CC(=O)c1ccccc1)c1ccc(C[C@H]2C(=O)N(Cc3cccc4ccccc34)C[C@H]3N2C(=O)CN3N(CC#N)C(=O)NCc2ccccc2)cc1. The van der Waals surface area contributed by atoms with E-state index in [-0.39, 0.29) is 56.1 Å². The molecule has 1 unspecified atom stereocenters. The first kappa shape index (κ1) is 37.0. The minimum absolute atomic E-state index is 0.0338. The maximum Gasteiger partial charge on any atom is 0.333 e. The van der Waals surface area contributed by atoms with Crippen molar-refractivity contribution in [3.63, 3.8) is 0 Å². The second kappa shape index (κ2) is 16.8. The number of carbonyl (C=O) groups excluding carboxylic acids is 4. The summed E-state index contributed by atoms with van der Waals surface area (Å²) in [4.78, 5) is 58.6. The molecule has 4 amide bonds. The minimum atomic E-state index is -0.838. The molecule has 0 bridgehead atoms. The summed E-state index contributed by atoms with van der Waals surface area (Å²) < 4.78 is 0. The number of urea groups is 1. The third kappa shape index (κ3) is 8.13. The average molecular weight is 733 g/mol. The number of nitrogens with zero attached hydrogens (tertiary/aromatic N) is 5. The molecule has 5 aromatic carbocycles. The van der Waals surface area contributed by atoms with Crippen LogP contribution in [0.2, 0.25) is 0 Å². The van der Waals surface area contributed by atoms with Crippen LogP contribution in [0.15, 0.2) is 127 Å².